The lowest BCUT2D eigenvalue weighted by molar-refractivity contribution is 0.164. The molecule has 0 aliphatic carbocycles. The van der Waals surface area contributed by atoms with Crippen molar-refractivity contribution in [3.05, 3.63) is 35.9 Å². The van der Waals surface area contributed by atoms with Crippen molar-refractivity contribution in [3.8, 4) is 11.9 Å². The highest BCUT2D eigenvalue weighted by molar-refractivity contribution is 5.85. The van der Waals surface area contributed by atoms with Crippen molar-refractivity contribution < 1.29 is 4.74 Å². The van der Waals surface area contributed by atoms with Crippen molar-refractivity contribution in [1.82, 2.24) is 4.98 Å². The molecule has 3 heteroatoms. The van der Waals surface area contributed by atoms with Gasteiger partial charge in [-0.3, -0.25) is 0 Å². The monoisotopic (exact) mass is 240 g/mol. The van der Waals surface area contributed by atoms with Crippen molar-refractivity contribution in [1.29, 1.82) is 5.26 Å². The number of nitrogens with zero attached hydrogens (tertiary/aromatic N) is 2. The molecule has 0 bridgehead atoms. The van der Waals surface area contributed by atoms with Crippen molar-refractivity contribution in [2.75, 3.05) is 0 Å². The third-order valence-corrected chi connectivity index (χ3v) is 3.06. The molecule has 0 saturated heterocycles. The smallest absolute Gasteiger partial charge is 0.215 e. The van der Waals surface area contributed by atoms with Gasteiger partial charge in [-0.25, -0.2) is 4.98 Å². The van der Waals surface area contributed by atoms with Crippen LogP contribution in [0.2, 0.25) is 0 Å². The zero-order valence-corrected chi connectivity index (χ0v) is 10.8. The highest BCUT2D eigenvalue weighted by atomic mass is 16.5. The molecule has 92 valence electrons. The van der Waals surface area contributed by atoms with Gasteiger partial charge in [-0.15, -0.1) is 0 Å². The Morgan fingerprint density at radius 3 is 2.61 bits per heavy atom. The van der Waals surface area contributed by atoms with Crippen LogP contribution in [-0.4, -0.2) is 11.1 Å². The molecule has 0 amide bonds. The van der Waals surface area contributed by atoms with Crippen LogP contribution in [0.5, 0.6) is 5.88 Å². The third kappa shape index (κ3) is 2.43. The van der Waals surface area contributed by atoms with Gasteiger partial charge in [-0.2, -0.15) is 5.26 Å². The summed E-state index contributed by atoms with van der Waals surface area (Å²) in [5, 5.41) is 10.0. The Bertz CT molecular complexity index is 599. The summed E-state index contributed by atoms with van der Waals surface area (Å²) in [5.41, 5.74) is 1.40. The molecule has 0 radical (unpaired) electrons. The van der Waals surface area contributed by atoms with E-state index in [0.717, 1.165) is 10.9 Å². The predicted molar refractivity (Wildman–Crippen MR) is 71.4 cm³/mol. The van der Waals surface area contributed by atoms with Gasteiger partial charge < -0.3 is 4.74 Å². The first kappa shape index (κ1) is 12.4. The topological polar surface area (TPSA) is 45.9 Å². The number of nitriles is 1. The van der Waals surface area contributed by atoms with Crippen LogP contribution in [0.3, 0.4) is 0 Å². The normalized spacial score (nSPS) is 12.4. The highest BCUT2D eigenvalue weighted by Gasteiger charge is 2.11. The van der Waals surface area contributed by atoms with E-state index in [1.165, 1.54) is 0 Å². The molecule has 0 saturated carbocycles. The molecule has 1 unspecified atom stereocenters. The maximum atomic E-state index is 9.17. The van der Waals surface area contributed by atoms with Crippen molar-refractivity contribution in [2.24, 2.45) is 5.92 Å². The largest absolute Gasteiger partial charge is 0.474 e. The first-order valence-electron chi connectivity index (χ1n) is 6.08. The first-order chi connectivity index (χ1) is 8.61. The van der Waals surface area contributed by atoms with Gasteiger partial charge >= 0.3 is 0 Å². The van der Waals surface area contributed by atoms with Crippen LogP contribution in [-0.2, 0) is 0 Å². The summed E-state index contributed by atoms with van der Waals surface area (Å²) in [6.45, 7) is 6.20. The predicted octanol–water partition coefficient (Wildman–Crippen LogP) is 3.53. The van der Waals surface area contributed by atoms with Gasteiger partial charge in [0.25, 0.3) is 0 Å². The number of fused-ring (bicyclic) bond motifs is 1. The molecule has 0 aliphatic heterocycles. The zero-order valence-electron chi connectivity index (χ0n) is 10.8. The number of para-hydroxylation sites is 1. The van der Waals surface area contributed by atoms with Crippen molar-refractivity contribution >= 4 is 10.9 Å². The van der Waals surface area contributed by atoms with Gasteiger partial charge in [0.15, 0.2) is 0 Å². The molecule has 0 spiro atoms. The molecule has 2 rings (SSSR count). The summed E-state index contributed by atoms with van der Waals surface area (Å²) in [6.07, 6.45) is 0.0743. The van der Waals surface area contributed by atoms with Crippen LogP contribution in [0.25, 0.3) is 10.9 Å². The molecule has 0 N–H and O–H groups in total. The maximum Gasteiger partial charge on any atom is 0.215 e. The minimum absolute atomic E-state index is 0.0743. The highest BCUT2D eigenvalue weighted by Crippen LogP contribution is 2.22. The third-order valence-electron chi connectivity index (χ3n) is 3.06. The second kappa shape index (κ2) is 5.05. The van der Waals surface area contributed by atoms with Crippen LogP contribution < -0.4 is 4.74 Å². The molecular weight excluding hydrogens is 224 g/mol. The van der Waals surface area contributed by atoms with Gasteiger partial charge in [0.2, 0.25) is 5.88 Å². The summed E-state index contributed by atoms with van der Waals surface area (Å²) >= 11 is 0. The average molecular weight is 240 g/mol. The molecular formula is C15H16N2O. The molecule has 0 aliphatic rings. The lowest BCUT2D eigenvalue weighted by Gasteiger charge is -2.17. The molecule has 0 fully saturated rings. The molecule has 1 aromatic carbocycles. The van der Waals surface area contributed by atoms with E-state index in [1.54, 1.807) is 6.07 Å². The summed E-state index contributed by atoms with van der Waals surface area (Å²) in [7, 11) is 0. The Kier molecular flexibility index (Phi) is 3.47. The fourth-order valence-electron chi connectivity index (χ4n) is 1.63. The Labute approximate surface area is 107 Å². The lowest BCUT2D eigenvalue weighted by Crippen LogP contribution is -2.19. The van der Waals surface area contributed by atoms with E-state index in [2.05, 4.69) is 24.9 Å². The van der Waals surface area contributed by atoms with E-state index in [0.29, 0.717) is 17.4 Å². The van der Waals surface area contributed by atoms with E-state index >= 15 is 0 Å². The first-order valence-corrected chi connectivity index (χ1v) is 6.08. The van der Waals surface area contributed by atoms with Crippen LogP contribution in [0, 0.1) is 17.2 Å². The molecule has 2 aromatic rings. The van der Waals surface area contributed by atoms with Gasteiger partial charge in [0.05, 0.1) is 17.2 Å². The molecule has 3 nitrogen and oxygen atoms in total. The standard InChI is InChI=1S/C15H16N2O/c1-10(2)11(3)18-15-8-12(9-16)13-6-4-5-7-14(13)17-15/h4-8,10-11H,1-3H3. The van der Waals surface area contributed by atoms with Crippen LogP contribution in [0.1, 0.15) is 26.3 Å². The number of hydrogen-bond acceptors (Lipinski definition) is 3. The van der Waals surface area contributed by atoms with E-state index in [-0.39, 0.29) is 6.10 Å². The van der Waals surface area contributed by atoms with E-state index < -0.39 is 0 Å². The lowest BCUT2D eigenvalue weighted by atomic mass is 10.1. The summed E-state index contributed by atoms with van der Waals surface area (Å²) in [6, 6.07) is 11.5. The number of pyridine rings is 1. The van der Waals surface area contributed by atoms with Crippen LogP contribution in [0.15, 0.2) is 30.3 Å². The van der Waals surface area contributed by atoms with E-state index in [1.807, 2.05) is 31.2 Å². The van der Waals surface area contributed by atoms with Crippen LogP contribution >= 0.6 is 0 Å². The second-order valence-electron chi connectivity index (χ2n) is 4.70. The maximum absolute atomic E-state index is 9.17. The van der Waals surface area contributed by atoms with E-state index in [9.17, 15) is 5.26 Å². The number of aromatic nitrogens is 1. The Balaban J connectivity index is 2.45. The van der Waals surface area contributed by atoms with Crippen molar-refractivity contribution in [3.63, 3.8) is 0 Å². The molecule has 18 heavy (non-hydrogen) atoms. The van der Waals surface area contributed by atoms with E-state index in [4.69, 9.17) is 4.74 Å². The molecule has 1 heterocycles. The minimum Gasteiger partial charge on any atom is -0.474 e. The molecule has 1 atom stereocenters. The average Bonchev–Trinajstić information content (AvgIpc) is 2.37. The number of ether oxygens (including phenoxy) is 1. The SMILES string of the molecule is CC(C)C(C)Oc1cc(C#N)c2ccccc2n1. The fraction of sp³-hybridized carbons (Fsp3) is 0.333. The molecule has 1 aromatic heterocycles. The number of benzene rings is 1. The van der Waals surface area contributed by atoms with Gasteiger partial charge in [-0.05, 0) is 18.9 Å². The second-order valence-corrected chi connectivity index (χ2v) is 4.70. The fourth-order valence-corrected chi connectivity index (χ4v) is 1.63. The summed E-state index contributed by atoms with van der Waals surface area (Å²) < 4.78 is 5.76. The van der Waals surface area contributed by atoms with Crippen molar-refractivity contribution in [2.45, 2.75) is 26.9 Å². The summed E-state index contributed by atoms with van der Waals surface area (Å²) in [5.74, 6) is 0.926. The minimum atomic E-state index is 0.0743. The quantitative estimate of drug-likeness (QED) is 0.824. The summed E-state index contributed by atoms with van der Waals surface area (Å²) in [4.78, 5) is 4.43. The zero-order chi connectivity index (χ0) is 13.1. The Morgan fingerprint density at radius 1 is 1.22 bits per heavy atom. The van der Waals surface area contributed by atoms with Gasteiger partial charge in [0.1, 0.15) is 6.07 Å². The Hall–Kier alpha value is -2.08. The van der Waals surface area contributed by atoms with Crippen LogP contribution in [0.4, 0.5) is 0 Å². The Morgan fingerprint density at radius 2 is 1.94 bits per heavy atom. The number of hydrogen-bond donors (Lipinski definition) is 0. The number of rotatable bonds is 3. The van der Waals surface area contributed by atoms with Gasteiger partial charge in [0, 0.05) is 11.5 Å². The van der Waals surface area contributed by atoms with Gasteiger partial charge in [-0.1, -0.05) is 32.0 Å².